The number of hydrogen-bond acceptors (Lipinski definition) is 6. The fourth-order valence-electron chi connectivity index (χ4n) is 5.69. The van der Waals surface area contributed by atoms with Crippen LogP contribution in [0.4, 0.5) is 17.2 Å². The summed E-state index contributed by atoms with van der Waals surface area (Å²) in [6.07, 6.45) is 6.23. The van der Waals surface area contributed by atoms with Gasteiger partial charge in [0.05, 0.1) is 6.61 Å². The molecular formula is C23H34Cl3N5O. The van der Waals surface area contributed by atoms with Gasteiger partial charge in [0, 0.05) is 53.7 Å². The van der Waals surface area contributed by atoms with Gasteiger partial charge in [-0.25, -0.2) is 9.97 Å². The van der Waals surface area contributed by atoms with Crippen molar-refractivity contribution < 1.29 is 5.11 Å². The number of aliphatic hydroxyl groups excluding tert-OH is 1. The van der Waals surface area contributed by atoms with Gasteiger partial charge in [-0.2, -0.15) is 0 Å². The van der Waals surface area contributed by atoms with Crippen molar-refractivity contribution in [3.05, 3.63) is 41.3 Å². The topological polar surface area (TPSA) is 64.5 Å². The fraction of sp³-hybridized carbons (Fsp3) is 0.565. The Bertz CT molecular complexity index is 923. The van der Waals surface area contributed by atoms with Crippen LogP contribution in [0.25, 0.3) is 0 Å². The number of nitrogens with zero attached hydrogens (tertiary/aromatic N) is 4. The molecule has 1 saturated heterocycles. The van der Waals surface area contributed by atoms with E-state index in [4.69, 9.17) is 4.98 Å². The molecule has 2 aromatic rings. The number of aryl methyl sites for hydroxylation is 1. The third-order valence-corrected chi connectivity index (χ3v) is 7.22. The van der Waals surface area contributed by atoms with Crippen molar-refractivity contribution in [2.45, 2.75) is 43.9 Å². The standard InChI is InChI=1S/C23H31N5O.3ClH/c1-16-6-7-17-20(16)22(26-15-25-17)28-14-23(8-10-24-11-9-23)21-18(27(2)12-13-29)4-3-5-19(21)28;;;/h3-5,15-16,24,29H,6-14H2,1-2H3;3*1H. The van der Waals surface area contributed by atoms with Crippen molar-refractivity contribution in [1.82, 2.24) is 15.3 Å². The molecule has 2 aliphatic heterocycles. The van der Waals surface area contributed by atoms with Crippen LogP contribution in [-0.4, -0.2) is 54.9 Å². The molecule has 0 amide bonds. The number of piperidine rings is 1. The maximum absolute atomic E-state index is 9.53. The SMILES string of the molecule is CC1CCc2ncnc(N3CC4(CCNCC4)c4c(N(C)CCO)cccc43)c21.Cl.Cl.Cl. The molecule has 3 aliphatic rings. The van der Waals surface area contributed by atoms with Crippen LogP contribution in [-0.2, 0) is 11.8 Å². The van der Waals surface area contributed by atoms with E-state index >= 15 is 0 Å². The van der Waals surface area contributed by atoms with E-state index in [1.54, 1.807) is 6.33 Å². The summed E-state index contributed by atoms with van der Waals surface area (Å²) in [7, 11) is 2.09. The highest BCUT2D eigenvalue weighted by molar-refractivity contribution is 5.86. The molecule has 0 radical (unpaired) electrons. The number of benzene rings is 1. The fourth-order valence-corrected chi connectivity index (χ4v) is 5.69. The number of likely N-dealkylation sites (N-methyl/N-ethyl adjacent to an activating group) is 1. The number of halogens is 3. The summed E-state index contributed by atoms with van der Waals surface area (Å²) in [5.41, 5.74) is 6.67. The maximum Gasteiger partial charge on any atom is 0.140 e. The molecule has 0 saturated carbocycles. The molecule has 6 nitrogen and oxygen atoms in total. The molecule has 1 unspecified atom stereocenters. The van der Waals surface area contributed by atoms with Crippen molar-refractivity contribution in [2.75, 3.05) is 49.6 Å². The van der Waals surface area contributed by atoms with Gasteiger partial charge < -0.3 is 20.2 Å². The summed E-state index contributed by atoms with van der Waals surface area (Å²) in [6.45, 7) is 6.18. The third-order valence-electron chi connectivity index (χ3n) is 7.22. The quantitative estimate of drug-likeness (QED) is 0.659. The first kappa shape index (κ1) is 26.9. The van der Waals surface area contributed by atoms with Crippen LogP contribution in [0.1, 0.15) is 48.9 Å². The Morgan fingerprint density at radius 2 is 1.94 bits per heavy atom. The van der Waals surface area contributed by atoms with Crippen molar-refractivity contribution >= 4 is 54.4 Å². The number of aliphatic hydroxyl groups is 1. The van der Waals surface area contributed by atoms with Gasteiger partial charge in [-0.05, 0) is 56.8 Å². The lowest BCUT2D eigenvalue weighted by atomic mass is 9.74. The third kappa shape index (κ3) is 4.28. The summed E-state index contributed by atoms with van der Waals surface area (Å²) < 4.78 is 0. The van der Waals surface area contributed by atoms with Crippen LogP contribution in [0.15, 0.2) is 24.5 Å². The summed E-state index contributed by atoms with van der Waals surface area (Å²) in [6, 6.07) is 6.63. The van der Waals surface area contributed by atoms with Crippen LogP contribution >= 0.6 is 37.2 Å². The van der Waals surface area contributed by atoms with Gasteiger partial charge in [-0.3, -0.25) is 0 Å². The molecule has 178 valence electrons. The second-order valence-corrected chi connectivity index (χ2v) is 8.93. The molecule has 9 heteroatoms. The normalized spacial score (nSPS) is 20.0. The van der Waals surface area contributed by atoms with Crippen LogP contribution in [0, 0.1) is 0 Å². The number of hydrogen-bond donors (Lipinski definition) is 2. The molecule has 5 rings (SSSR count). The first-order chi connectivity index (χ1) is 14.1. The van der Waals surface area contributed by atoms with Crippen LogP contribution in [0.2, 0.25) is 0 Å². The predicted molar refractivity (Wildman–Crippen MR) is 138 cm³/mol. The van der Waals surface area contributed by atoms with Crippen molar-refractivity contribution in [3.8, 4) is 0 Å². The molecule has 1 aromatic carbocycles. The van der Waals surface area contributed by atoms with E-state index in [0.717, 1.165) is 51.1 Å². The summed E-state index contributed by atoms with van der Waals surface area (Å²) in [5, 5.41) is 13.1. The Hall–Kier alpha value is -1.31. The summed E-state index contributed by atoms with van der Waals surface area (Å²) in [4.78, 5) is 14.1. The van der Waals surface area contributed by atoms with Gasteiger partial charge in [-0.1, -0.05) is 13.0 Å². The average molecular weight is 503 g/mol. The molecular weight excluding hydrogens is 469 g/mol. The molecule has 1 aliphatic carbocycles. The van der Waals surface area contributed by atoms with Gasteiger partial charge in [0.15, 0.2) is 0 Å². The molecule has 32 heavy (non-hydrogen) atoms. The second-order valence-electron chi connectivity index (χ2n) is 8.93. The lowest BCUT2D eigenvalue weighted by Crippen LogP contribution is -2.43. The minimum atomic E-state index is 0. The highest BCUT2D eigenvalue weighted by Crippen LogP contribution is 2.53. The highest BCUT2D eigenvalue weighted by Gasteiger charge is 2.47. The number of anilines is 3. The average Bonchev–Trinajstić information content (AvgIpc) is 3.28. The monoisotopic (exact) mass is 501 g/mol. The van der Waals surface area contributed by atoms with Crippen molar-refractivity contribution in [3.63, 3.8) is 0 Å². The summed E-state index contributed by atoms with van der Waals surface area (Å²) in [5.74, 6) is 1.62. The largest absolute Gasteiger partial charge is 0.395 e. The van der Waals surface area contributed by atoms with Gasteiger partial charge >= 0.3 is 0 Å². The lowest BCUT2D eigenvalue weighted by molar-refractivity contribution is 0.303. The van der Waals surface area contributed by atoms with Gasteiger partial charge in [0.1, 0.15) is 12.1 Å². The molecule has 3 heterocycles. The van der Waals surface area contributed by atoms with E-state index in [2.05, 4.69) is 52.3 Å². The summed E-state index contributed by atoms with van der Waals surface area (Å²) >= 11 is 0. The Labute approximate surface area is 209 Å². The number of rotatable bonds is 4. The Morgan fingerprint density at radius 3 is 2.66 bits per heavy atom. The van der Waals surface area contributed by atoms with Gasteiger partial charge in [0.2, 0.25) is 0 Å². The van der Waals surface area contributed by atoms with E-state index in [0.29, 0.717) is 12.5 Å². The zero-order valence-electron chi connectivity index (χ0n) is 18.7. The molecule has 1 aromatic heterocycles. The minimum Gasteiger partial charge on any atom is -0.395 e. The Kier molecular flexibility index (Phi) is 9.05. The van der Waals surface area contributed by atoms with E-state index < -0.39 is 0 Å². The molecule has 2 N–H and O–H groups in total. The van der Waals surface area contributed by atoms with Crippen molar-refractivity contribution in [2.24, 2.45) is 0 Å². The maximum atomic E-state index is 9.53. The molecule has 1 atom stereocenters. The zero-order valence-corrected chi connectivity index (χ0v) is 21.2. The smallest absolute Gasteiger partial charge is 0.140 e. The Balaban J connectivity index is 0.00000121. The number of fused-ring (bicyclic) bond motifs is 3. The van der Waals surface area contributed by atoms with Crippen LogP contribution in [0.3, 0.4) is 0 Å². The van der Waals surface area contributed by atoms with Gasteiger partial charge in [0.25, 0.3) is 0 Å². The van der Waals surface area contributed by atoms with E-state index in [9.17, 15) is 5.11 Å². The van der Waals surface area contributed by atoms with E-state index in [1.807, 2.05) is 0 Å². The minimum absolute atomic E-state index is 0. The van der Waals surface area contributed by atoms with Gasteiger partial charge in [-0.15, -0.1) is 37.2 Å². The molecule has 1 fully saturated rings. The highest BCUT2D eigenvalue weighted by atomic mass is 35.5. The second kappa shape index (κ2) is 10.7. The molecule has 1 spiro atoms. The van der Waals surface area contributed by atoms with Crippen LogP contribution < -0.4 is 15.1 Å². The number of nitrogens with one attached hydrogen (secondary N) is 1. The van der Waals surface area contributed by atoms with E-state index in [-0.39, 0.29) is 49.2 Å². The number of aromatic nitrogens is 2. The molecule has 0 bridgehead atoms. The van der Waals surface area contributed by atoms with E-state index in [1.165, 1.54) is 28.2 Å². The van der Waals surface area contributed by atoms with Crippen LogP contribution in [0.5, 0.6) is 0 Å². The zero-order chi connectivity index (χ0) is 20.0. The Morgan fingerprint density at radius 1 is 1.19 bits per heavy atom. The first-order valence-corrected chi connectivity index (χ1v) is 10.9. The first-order valence-electron chi connectivity index (χ1n) is 10.9. The predicted octanol–water partition coefficient (Wildman–Crippen LogP) is 3.99. The van der Waals surface area contributed by atoms with Crippen molar-refractivity contribution in [1.29, 1.82) is 0 Å². The lowest BCUT2D eigenvalue weighted by Gasteiger charge is -2.37.